The van der Waals surface area contributed by atoms with E-state index in [1.54, 1.807) is 18.0 Å². The number of hydrogen-bond donors (Lipinski definition) is 2. The molecule has 23 heavy (non-hydrogen) atoms. The van der Waals surface area contributed by atoms with Gasteiger partial charge in [-0.3, -0.25) is 14.6 Å². The predicted octanol–water partition coefficient (Wildman–Crippen LogP) is 2.24. The van der Waals surface area contributed by atoms with E-state index in [4.69, 9.17) is 0 Å². The van der Waals surface area contributed by atoms with Crippen LogP contribution in [0.2, 0.25) is 0 Å². The van der Waals surface area contributed by atoms with Gasteiger partial charge in [-0.05, 0) is 18.8 Å². The molecule has 2 amide bonds. The van der Waals surface area contributed by atoms with Gasteiger partial charge in [-0.1, -0.05) is 6.08 Å². The zero-order valence-corrected chi connectivity index (χ0v) is 15.1. The van der Waals surface area contributed by atoms with Crippen LogP contribution in [0.4, 0.5) is 5.13 Å². The number of carbonyl (C=O) groups excluding carboxylic acids is 2. The highest BCUT2D eigenvalue weighted by Crippen LogP contribution is 2.38. The molecule has 0 spiro atoms. The number of thiazole rings is 1. The van der Waals surface area contributed by atoms with Crippen molar-refractivity contribution < 1.29 is 9.59 Å². The fraction of sp³-hybridized carbons (Fsp3) is 0.429. The molecule has 1 aromatic heterocycles. The van der Waals surface area contributed by atoms with E-state index in [0.717, 1.165) is 9.78 Å². The van der Waals surface area contributed by atoms with E-state index in [9.17, 15) is 9.59 Å². The van der Waals surface area contributed by atoms with Crippen molar-refractivity contribution in [3.63, 3.8) is 0 Å². The predicted molar refractivity (Wildman–Crippen MR) is 97.0 cm³/mol. The molecule has 0 fully saturated rings. The highest BCUT2D eigenvalue weighted by atomic mass is 32.2. The molecule has 2 aliphatic heterocycles. The van der Waals surface area contributed by atoms with Crippen LogP contribution < -0.4 is 10.6 Å². The average molecular weight is 369 g/mol. The Morgan fingerprint density at radius 3 is 3.04 bits per heavy atom. The number of aromatic nitrogens is 1. The number of carbonyl (C=O) groups is 2. The van der Waals surface area contributed by atoms with Gasteiger partial charge in [0.25, 0.3) is 0 Å². The second-order valence-corrected chi connectivity index (χ2v) is 8.78. The van der Waals surface area contributed by atoms with E-state index in [-0.39, 0.29) is 23.1 Å². The minimum absolute atomic E-state index is 0.00679. The lowest BCUT2D eigenvalue weighted by Gasteiger charge is -2.22. The largest absolute Gasteiger partial charge is 0.313 e. The maximum absolute atomic E-state index is 12.0. The molecule has 2 unspecified atom stereocenters. The van der Waals surface area contributed by atoms with Gasteiger partial charge in [-0.2, -0.15) is 0 Å². The van der Waals surface area contributed by atoms with Gasteiger partial charge in [-0.25, -0.2) is 4.98 Å². The number of fused-ring (bicyclic) bond motifs is 1. The summed E-state index contributed by atoms with van der Waals surface area (Å²) in [5, 5.41) is 6.15. The van der Waals surface area contributed by atoms with Crippen molar-refractivity contribution in [3.8, 4) is 0 Å². The summed E-state index contributed by atoms with van der Waals surface area (Å²) in [6, 6.07) is 0. The van der Waals surface area contributed by atoms with Crippen molar-refractivity contribution in [1.82, 2.24) is 10.3 Å². The molecule has 122 valence electrons. The molecule has 2 atom stereocenters. The lowest BCUT2D eigenvalue weighted by molar-refractivity contribution is -0.122. The van der Waals surface area contributed by atoms with Crippen LogP contribution in [0.25, 0.3) is 0 Å². The quantitative estimate of drug-likeness (QED) is 0.833. The van der Waals surface area contributed by atoms with Crippen LogP contribution in [0.15, 0.2) is 22.2 Å². The highest BCUT2D eigenvalue weighted by Gasteiger charge is 2.36. The molecule has 0 saturated heterocycles. The lowest BCUT2D eigenvalue weighted by Crippen LogP contribution is -2.44. The topological polar surface area (TPSA) is 83.5 Å². The van der Waals surface area contributed by atoms with Crippen LogP contribution in [0.1, 0.15) is 11.8 Å². The second kappa shape index (κ2) is 7.06. The number of aryl methyl sites for hydroxylation is 1. The zero-order valence-electron chi connectivity index (χ0n) is 12.7. The Morgan fingerprint density at radius 2 is 2.30 bits per heavy atom. The number of hydrogen-bond acceptors (Lipinski definition) is 7. The minimum Gasteiger partial charge on any atom is -0.313 e. The number of thioether (sulfide) groups is 2. The molecule has 0 aliphatic carbocycles. The Morgan fingerprint density at radius 1 is 1.48 bits per heavy atom. The fourth-order valence-corrected chi connectivity index (χ4v) is 4.76. The van der Waals surface area contributed by atoms with Gasteiger partial charge in [0.05, 0.1) is 17.4 Å². The number of rotatable bonds is 5. The van der Waals surface area contributed by atoms with E-state index in [1.807, 2.05) is 19.9 Å². The Labute approximate surface area is 146 Å². The molecule has 0 aromatic carbocycles. The Balaban J connectivity index is 1.46. The third-order valence-electron chi connectivity index (χ3n) is 3.22. The third-order valence-corrected chi connectivity index (χ3v) is 6.14. The van der Waals surface area contributed by atoms with Crippen LogP contribution in [0.3, 0.4) is 0 Å². The molecule has 0 saturated carbocycles. The molecule has 9 heteroatoms. The first-order chi connectivity index (χ1) is 11.0. The molecule has 6 nitrogen and oxygen atoms in total. The molecule has 0 bridgehead atoms. The summed E-state index contributed by atoms with van der Waals surface area (Å²) in [7, 11) is 0. The summed E-state index contributed by atoms with van der Waals surface area (Å²) in [5.41, 5.74) is 0. The molecule has 3 rings (SSSR count). The van der Waals surface area contributed by atoms with Crippen molar-refractivity contribution in [2.24, 2.45) is 10.9 Å². The van der Waals surface area contributed by atoms with Crippen molar-refractivity contribution in [3.05, 3.63) is 22.1 Å². The van der Waals surface area contributed by atoms with E-state index >= 15 is 0 Å². The van der Waals surface area contributed by atoms with Crippen molar-refractivity contribution in [2.75, 3.05) is 16.8 Å². The van der Waals surface area contributed by atoms with Gasteiger partial charge in [0.15, 0.2) is 5.13 Å². The van der Waals surface area contributed by atoms with Crippen molar-refractivity contribution in [1.29, 1.82) is 0 Å². The maximum Gasteiger partial charge on any atom is 0.236 e. The highest BCUT2D eigenvalue weighted by molar-refractivity contribution is 8.04. The Hall–Kier alpha value is -1.32. The fourth-order valence-electron chi connectivity index (χ4n) is 2.24. The van der Waals surface area contributed by atoms with E-state index in [2.05, 4.69) is 20.6 Å². The third kappa shape index (κ3) is 4.15. The first-order valence-corrected chi connectivity index (χ1v) is 9.89. The lowest BCUT2D eigenvalue weighted by atomic mass is 10.1. The van der Waals surface area contributed by atoms with Crippen LogP contribution in [0, 0.1) is 12.8 Å². The Bertz CT molecular complexity index is 698. The number of anilines is 1. The smallest absolute Gasteiger partial charge is 0.236 e. The number of nitrogens with zero attached hydrogens (tertiary/aromatic N) is 2. The molecule has 2 aliphatic rings. The summed E-state index contributed by atoms with van der Waals surface area (Å²) in [6.45, 7) is 3.93. The summed E-state index contributed by atoms with van der Waals surface area (Å²) in [6.07, 6.45) is 3.69. The molecular weight excluding hydrogens is 352 g/mol. The van der Waals surface area contributed by atoms with Gasteiger partial charge in [0, 0.05) is 11.1 Å². The van der Waals surface area contributed by atoms with Crippen molar-refractivity contribution >= 4 is 57.6 Å². The summed E-state index contributed by atoms with van der Waals surface area (Å²) >= 11 is 4.49. The maximum atomic E-state index is 12.0. The zero-order chi connectivity index (χ0) is 16.4. The summed E-state index contributed by atoms with van der Waals surface area (Å²) in [5.74, 6) is 1.19. The number of amidine groups is 1. The molecule has 0 radical (unpaired) electrons. The number of aliphatic imine (C=N–C) groups is 1. The van der Waals surface area contributed by atoms with E-state index < -0.39 is 0 Å². The average Bonchev–Trinajstić information content (AvgIpc) is 3.04. The monoisotopic (exact) mass is 368 g/mol. The number of amides is 2. The Kier molecular flexibility index (Phi) is 5.08. The first kappa shape index (κ1) is 16.5. The van der Waals surface area contributed by atoms with Gasteiger partial charge in [0.1, 0.15) is 11.2 Å². The van der Waals surface area contributed by atoms with E-state index in [1.165, 1.54) is 23.1 Å². The normalized spacial score (nSPS) is 23.0. The van der Waals surface area contributed by atoms with Gasteiger partial charge in [0.2, 0.25) is 11.8 Å². The van der Waals surface area contributed by atoms with Gasteiger partial charge >= 0.3 is 0 Å². The van der Waals surface area contributed by atoms with E-state index in [0.29, 0.717) is 22.5 Å². The molecule has 3 heterocycles. The summed E-state index contributed by atoms with van der Waals surface area (Å²) < 4.78 is 0. The van der Waals surface area contributed by atoms with Crippen LogP contribution >= 0.6 is 34.9 Å². The second-order valence-electron chi connectivity index (χ2n) is 5.19. The minimum atomic E-state index is -0.162. The van der Waals surface area contributed by atoms with Crippen molar-refractivity contribution in [2.45, 2.75) is 19.2 Å². The number of allylic oxidation sites excluding steroid dienone is 1. The van der Waals surface area contributed by atoms with Gasteiger partial charge < -0.3 is 10.6 Å². The van der Waals surface area contributed by atoms with Crippen LogP contribution in [-0.4, -0.2) is 39.5 Å². The summed E-state index contributed by atoms with van der Waals surface area (Å²) in [4.78, 5) is 34.7. The van der Waals surface area contributed by atoms with Crippen LogP contribution in [0.5, 0.6) is 0 Å². The standard InChI is InChI=1S/C14H16N4O2S3/c1-7-3-9-12(20)16-10(17-13(9)22-7)5-21-6-11(19)18-14-15-4-8(2)23-14/h3-4,9,13H,5-6H2,1-2H3,(H,15,18,19)(H,16,17,20). The SMILES string of the molecule is CC1=CC2C(=O)NC(CSCC(=O)Nc3ncc(C)s3)=NC2S1. The van der Waals surface area contributed by atoms with Crippen LogP contribution in [-0.2, 0) is 9.59 Å². The first-order valence-electron chi connectivity index (χ1n) is 7.04. The van der Waals surface area contributed by atoms with Gasteiger partial charge in [-0.15, -0.1) is 34.9 Å². The number of nitrogens with one attached hydrogen (secondary N) is 2. The molecular formula is C14H16N4O2S3. The molecule has 2 N–H and O–H groups in total. The molecule has 1 aromatic rings.